The molecule has 3 rings (SSSR count). The van der Waals surface area contributed by atoms with Gasteiger partial charge in [-0.2, -0.15) is 0 Å². The zero-order valence-corrected chi connectivity index (χ0v) is 15.1. The fraction of sp³-hybridized carbons (Fsp3) is 0.300. The third-order valence-electron chi connectivity index (χ3n) is 4.22. The van der Waals surface area contributed by atoms with E-state index < -0.39 is 0 Å². The van der Waals surface area contributed by atoms with Gasteiger partial charge in [0.2, 0.25) is 0 Å². The lowest BCUT2D eigenvalue weighted by molar-refractivity contribution is 0.260. The molecular formula is C20H22N2O4. The normalized spacial score (nSPS) is 11.1. The van der Waals surface area contributed by atoms with Crippen LogP contribution < -0.4 is 15.0 Å². The number of rotatable bonds is 6. The van der Waals surface area contributed by atoms with Crippen LogP contribution in [0, 0.1) is 0 Å². The molecule has 0 aliphatic carbocycles. The number of hydrogen-bond donors (Lipinski definition) is 2. The van der Waals surface area contributed by atoms with E-state index in [9.17, 15) is 9.90 Å². The van der Waals surface area contributed by atoms with Crippen molar-refractivity contribution in [1.82, 2.24) is 9.97 Å². The highest BCUT2D eigenvalue weighted by atomic mass is 16.5. The van der Waals surface area contributed by atoms with Gasteiger partial charge in [0.1, 0.15) is 23.9 Å². The molecule has 26 heavy (non-hydrogen) atoms. The van der Waals surface area contributed by atoms with Crippen molar-refractivity contribution in [2.45, 2.75) is 33.0 Å². The molecule has 1 heterocycles. The van der Waals surface area contributed by atoms with Crippen LogP contribution in [0.1, 0.15) is 36.7 Å². The van der Waals surface area contributed by atoms with Gasteiger partial charge in [-0.05, 0) is 29.8 Å². The number of methoxy groups -OCH3 is 1. The molecule has 6 nitrogen and oxygen atoms in total. The first-order chi connectivity index (χ1) is 12.5. The Balaban J connectivity index is 1.96. The Kier molecular flexibility index (Phi) is 5.23. The zero-order valence-electron chi connectivity index (χ0n) is 15.1. The summed E-state index contributed by atoms with van der Waals surface area (Å²) in [7, 11) is 1.62. The summed E-state index contributed by atoms with van der Waals surface area (Å²) in [4.78, 5) is 19.6. The fourth-order valence-corrected chi connectivity index (χ4v) is 2.71. The van der Waals surface area contributed by atoms with Gasteiger partial charge in [-0.1, -0.05) is 26.0 Å². The molecule has 3 aromatic rings. The van der Waals surface area contributed by atoms with Crippen LogP contribution >= 0.6 is 0 Å². The van der Waals surface area contributed by atoms with Gasteiger partial charge in [-0.25, -0.2) is 4.98 Å². The van der Waals surface area contributed by atoms with Crippen molar-refractivity contribution < 1.29 is 14.6 Å². The summed E-state index contributed by atoms with van der Waals surface area (Å²) in [5.74, 6) is 1.95. The lowest BCUT2D eigenvalue weighted by Gasteiger charge is -2.14. The summed E-state index contributed by atoms with van der Waals surface area (Å²) in [6.07, 6.45) is 0. The lowest BCUT2D eigenvalue weighted by Crippen LogP contribution is -2.14. The van der Waals surface area contributed by atoms with E-state index in [0.29, 0.717) is 34.6 Å². The van der Waals surface area contributed by atoms with E-state index in [4.69, 9.17) is 9.47 Å². The number of H-pyrrole nitrogens is 1. The predicted molar refractivity (Wildman–Crippen MR) is 99.7 cm³/mol. The fourth-order valence-electron chi connectivity index (χ4n) is 2.71. The summed E-state index contributed by atoms with van der Waals surface area (Å²) in [5, 5.41) is 10.3. The lowest BCUT2D eigenvalue weighted by atomic mass is 10.1. The molecule has 0 atom stereocenters. The van der Waals surface area contributed by atoms with Crippen LogP contribution in [0.2, 0.25) is 0 Å². The second-order valence-electron chi connectivity index (χ2n) is 6.34. The Bertz CT molecular complexity index is 962. The Morgan fingerprint density at radius 2 is 1.88 bits per heavy atom. The largest absolute Gasteiger partial charge is 0.497 e. The number of hydrogen-bond acceptors (Lipinski definition) is 5. The third kappa shape index (κ3) is 3.55. The number of fused-ring (bicyclic) bond motifs is 1. The highest BCUT2D eigenvalue weighted by molar-refractivity contribution is 5.83. The minimum atomic E-state index is -0.261. The molecule has 0 saturated carbocycles. The van der Waals surface area contributed by atoms with Crippen LogP contribution in [-0.4, -0.2) is 22.2 Å². The van der Waals surface area contributed by atoms with E-state index in [2.05, 4.69) is 9.97 Å². The number of nitrogens with zero attached hydrogens (tertiary/aromatic N) is 1. The number of ether oxygens (including phenoxy) is 2. The van der Waals surface area contributed by atoms with Crippen molar-refractivity contribution >= 4 is 10.9 Å². The second kappa shape index (κ2) is 7.58. The van der Waals surface area contributed by atoms with Crippen LogP contribution in [0.25, 0.3) is 10.9 Å². The Morgan fingerprint density at radius 1 is 1.15 bits per heavy atom. The van der Waals surface area contributed by atoms with Crippen molar-refractivity contribution in [3.8, 4) is 11.5 Å². The van der Waals surface area contributed by atoms with Crippen LogP contribution in [0.3, 0.4) is 0 Å². The molecule has 6 heteroatoms. The maximum absolute atomic E-state index is 12.3. The number of aromatic nitrogens is 2. The van der Waals surface area contributed by atoms with E-state index in [0.717, 1.165) is 11.3 Å². The maximum atomic E-state index is 12.3. The molecule has 0 saturated heterocycles. The molecule has 0 bridgehead atoms. The molecule has 0 aliphatic rings. The average molecular weight is 354 g/mol. The Morgan fingerprint density at radius 3 is 2.50 bits per heavy atom. The van der Waals surface area contributed by atoms with E-state index in [1.165, 1.54) is 0 Å². The van der Waals surface area contributed by atoms with Gasteiger partial charge in [-0.3, -0.25) is 4.79 Å². The van der Waals surface area contributed by atoms with Gasteiger partial charge in [0.15, 0.2) is 0 Å². The van der Waals surface area contributed by atoms with Gasteiger partial charge in [0.05, 0.1) is 24.6 Å². The molecule has 2 aromatic carbocycles. The van der Waals surface area contributed by atoms with E-state index in [1.807, 2.05) is 38.1 Å². The van der Waals surface area contributed by atoms with Gasteiger partial charge in [-0.15, -0.1) is 0 Å². The third-order valence-corrected chi connectivity index (χ3v) is 4.22. The number of aliphatic hydroxyl groups excluding tert-OH is 1. The highest BCUT2D eigenvalue weighted by Gasteiger charge is 2.14. The van der Waals surface area contributed by atoms with Crippen LogP contribution in [0.15, 0.2) is 41.2 Å². The quantitative estimate of drug-likeness (QED) is 0.710. The van der Waals surface area contributed by atoms with Crippen molar-refractivity contribution in [2.24, 2.45) is 0 Å². The molecule has 0 radical (unpaired) electrons. The summed E-state index contributed by atoms with van der Waals surface area (Å²) in [6.45, 7) is 3.98. The molecule has 0 aliphatic heterocycles. The second-order valence-corrected chi connectivity index (χ2v) is 6.34. The Labute approximate surface area is 151 Å². The van der Waals surface area contributed by atoms with Crippen molar-refractivity contribution in [2.75, 3.05) is 7.11 Å². The predicted octanol–water partition coefficient (Wildman–Crippen LogP) is 3.13. The van der Waals surface area contributed by atoms with Crippen molar-refractivity contribution in [1.29, 1.82) is 0 Å². The van der Waals surface area contributed by atoms with E-state index in [-0.39, 0.29) is 18.1 Å². The minimum absolute atomic E-state index is 0.0718. The van der Waals surface area contributed by atoms with Crippen LogP contribution in [0.5, 0.6) is 11.5 Å². The summed E-state index contributed by atoms with van der Waals surface area (Å²) >= 11 is 0. The molecule has 2 N–H and O–H groups in total. The van der Waals surface area contributed by atoms with Crippen LogP contribution in [-0.2, 0) is 13.2 Å². The first kappa shape index (κ1) is 17.9. The molecule has 0 fully saturated rings. The highest BCUT2D eigenvalue weighted by Crippen LogP contribution is 2.27. The first-order valence-corrected chi connectivity index (χ1v) is 8.46. The minimum Gasteiger partial charge on any atom is -0.497 e. The standard InChI is InChI=1S/C20H22N2O4/c1-12(2)19-21-18-15(20(24)22-19)8-9-17(16(18)10-23)26-11-13-4-6-14(25-3)7-5-13/h4-9,12,23H,10-11H2,1-3H3,(H,21,22,24). The zero-order chi connectivity index (χ0) is 18.7. The number of nitrogens with one attached hydrogen (secondary N) is 1. The van der Waals surface area contributed by atoms with Crippen molar-refractivity contribution in [3.05, 3.63) is 63.7 Å². The number of aliphatic hydroxyl groups is 1. The maximum Gasteiger partial charge on any atom is 0.258 e. The summed E-state index contributed by atoms with van der Waals surface area (Å²) < 4.78 is 11.0. The average Bonchev–Trinajstić information content (AvgIpc) is 2.66. The molecular weight excluding hydrogens is 332 g/mol. The summed E-state index contributed by atoms with van der Waals surface area (Å²) in [5.41, 5.74) is 1.75. The van der Waals surface area contributed by atoms with E-state index in [1.54, 1.807) is 19.2 Å². The van der Waals surface area contributed by atoms with Gasteiger partial charge in [0, 0.05) is 11.5 Å². The van der Waals surface area contributed by atoms with E-state index >= 15 is 0 Å². The van der Waals surface area contributed by atoms with Gasteiger partial charge in [0.25, 0.3) is 5.56 Å². The van der Waals surface area contributed by atoms with Gasteiger partial charge >= 0.3 is 0 Å². The van der Waals surface area contributed by atoms with Crippen molar-refractivity contribution in [3.63, 3.8) is 0 Å². The molecule has 1 aromatic heterocycles. The SMILES string of the molecule is COc1ccc(COc2ccc3c(=O)[nH]c(C(C)C)nc3c2CO)cc1. The van der Waals surface area contributed by atoms with Gasteiger partial charge < -0.3 is 19.6 Å². The smallest absolute Gasteiger partial charge is 0.258 e. The monoisotopic (exact) mass is 354 g/mol. The molecule has 0 spiro atoms. The topological polar surface area (TPSA) is 84.4 Å². The number of aromatic amines is 1. The Hall–Kier alpha value is -2.86. The van der Waals surface area contributed by atoms with Crippen LogP contribution in [0.4, 0.5) is 0 Å². The molecule has 136 valence electrons. The molecule has 0 unspecified atom stereocenters. The number of benzene rings is 2. The first-order valence-electron chi connectivity index (χ1n) is 8.46. The molecule has 0 amide bonds. The summed E-state index contributed by atoms with van der Waals surface area (Å²) in [6, 6.07) is 10.9.